The fourth-order valence-corrected chi connectivity index (χ4v) is 3.24. The summed E-state index contributed by atoms with van der Waals surface area (Å²) in [6, 6.07) is 12.3. The molecule has 6 heteroatoms. The lowest BCUT2D eigenvalue weighted by Gasteiger charge is -2.08. The Hall–Kier alpha value is -1.88. The molecule has 0 aliphatic heterocycles. The van der Waals surface area contributed by atoms with Crippen molar-refractivity contribution in [2.75, 3.05) is 5.32 Å². The summed E-state index contributed by atoms with van der Waals surface area (Å²) in [6.07, 6.45) is 0. The van der Waals surface area contributed by atoms with Crippen LogP contribution in [0.3, 0.4) is 0 Å². The number of anilines is 1. The molecule has 1 amide bonds. The van der Waals surface area contributed by atoms with Crippen LogP contribution in [0, 0.1) is 6.92 Å². The van der Waals surface area contributed by atoms with Crippen molar-refractivity contribution < 1.29 is 4.79 Å². The normalized spacial score (nSPS) is 10.6. The Balaban J connectivity index is 1.84. The van der Waals surface area contributed by atoms with E-state index in [-0.39, 0.29) is 5.91 Å². The third kappa shape index (κ3) is 3.72. The molecule has 1 heterocycles. The molecule has 1 N–H and O–H groups in total. The zero-order valence-corrected chi connectivity index (χ0v) is 14.5. The fourth-order valence-electron chi connectivity index (χ4n) is 2.12. The number of halogens is 2. The summed E-state index contributed by atoms with van der Waals surface area (Å²) in [5, 5.41) is 6.65. The van der Waals surface area contributed by atoms with Crippen LogP contribution in [0.2, 0.25) is 10.0 Å². The first-order valence-corrected chi connectivity index (χ1v) is 8.45. The lowest BCUT2D eigenvalue weighted by Crippen LogP contribution is -2.12. The Kier molecular flexibility index (Phi) is 4.66. The third-order valence-electron chi connectivity index (χ3n) is 3.21. The molecule has 116 valence electrons. The van der Waals surface area contributed by atoms with Gasteiger partial charge in [-0.3, -0.25) is 4.79 Å². The summed E-state index contributed by atoms with van der Waals surface area (Å²) in [5.74, 6) is -0.279. The minimum absolute atomic E-state index is 0.279. The Morgan fingerprint density at radius 2 is 2.00 bits per heavy atom. The number of aromatic nitrogens is 1. The van der Waals surface area contributed by atoms with Gasteiger partial charge in [0.05, 0.1) is 21.3 Å². The van der Waals surface area contributed by atoms with Crippen LogP contribution in [0.4, 0.5) is 5.69 Å². The zero-order valence-electron chi connectivity index (χ0n) is 12.1. The molecule has 0 radical (unpaired) electrons. The van der Waals surface area contributed by atoms with E-state index in [1.807, 2.05) is 36.6 Å². The van der Waals surface area contributed by atoms with Crippen molar-refractivity contribution in [1.29, 1.82) is 0 Å². The van der Waals surface area contributed by atoms with Crippen LogP contribution < -0.4 is 5.32 Å². The highest BCUT2D eigenvalue weighted by Crippen LogP contribution is 2.26. The standard InChI is InChI=1S/C17H12Cl2N2OS/c1-10-20-16(9-23-10)11-3-2-4-13(7-11)21-17(22)14-6-5-12(18)8-15(14)19/h2-9H,1H3,(H,21,22). The largest absolute Gasteiger partial charge is 0.322 e. The zero-order chi connectivity index (χ0) is 16.4. The molecular formula is C17H12Cl2N2OS. The van der Waals surface area contributed by atoms with Crippen molar-refractivity contribution in [3.63, 3.8) is 0 Å². The van der Waals surface area contributed by atoms with Crippen LogP contribution in [0.5, 0.6) is 0 Å². The summed E-state index contributed by atoms with van der Waals surface area (Å²) in [7, 11) is 0. The Labute approximate surface area is 147 Å². The van der Waals surface area contributed by atoms with Gasteiger partial charge in [-0.15, -0.1) is 11.3 Å². The highest BCUT2D eigenvalue weighted by Gasteiger charge is 2.11. The first-order chi connectivity index (χ1) is 11.0. The van der Waals surface area contributed by atoms with Gasteiger partial charge >= 0.3 is 0 Å². The lowest BCUT2D eigenvalue weighted by molar-refractivity contribution is 0.102. The average Bonchev–Trinajstić information content (AvgIpc) is 2.94. The molecule has 0 aliphatic carbocycles. The van der Waals surface area contributed by atoms with Gasteiger partial charge < -0.3 is 5.32 Å². The molecule has 3 rings (SSSR count). The molecule has 0 unspecified atom stereocenters. The Bertz CT molecular complexity index is 877. The quantitative estimate of drug-likeness (QED) is 0.651. The van der Waals surface area contributed by atoms with Crippen molar-refractivity contribution in [2.45, 2.75) is 6.92 Å². The van der Waals surface area contributed by atoms with Gasteiger partial charge in [-0.25, -0.2) is 4.98 Å². The van der Waals surface area contributed by atoms with Gasteiger partial charge in [0, 0.05) is 21.7 Å². The molecule has 0 aliphatic rings. The number of carbonyl (C=O) groups excluding carboxylic acids is 1. The Morgan fingerprint density at radius 1 is 1.17 bits per heavy atom. The topological polar surface area (TPSA) is 42.0 Å². The van der Waals surface area contributed by atoms with Gasteiger partial charge in [0.1, 0.15) is 0 Å². The number of hydrogen-bond acceptors (Lipinski definition) is 3. The number of carbonyl (C=O) groups is 1. The number of thiazole rings is 1. The summed E-state index contributed by atoms with van der Waals surface area (Å²) in [4.78, 5) is 16.8. The van der Waals surface area contributed by atoms with Crippen molar-refractivity contribution in [3.05, 3.63) is 68.5 Å². The van der Waals surface area contributed by atoms with Gasteiger partial charge in [0.2, 0.25) is 0 Å². The van der Waals surface area contributed by atoms with Gasteiger partial charge in [0.25, 0.3) is 5.91 Å². The summed E-state index contributed by atoms with van der Waals surface area (Å²) in [6.45, 7) is 1.96. The lowest BCUT2D eigenvalue weighted by atomic mass is 10.1. The number of amides is 1. The maximum atomic E-state index is 12.3. The minimum Gasteiger partial charge on any atom is -0.322 e. The molecule has 0 bridgehead atoms. The first kappa shape index (κ1) is 16.0. The van der Waals surface area contributed by atoms with Gasteiger partial charge in [-0.1, -0.05) is 35.3 Å². The van der Waals surface area contributed by atoms with E-state index in [9.17, 15) is 4.79 Å². The molecule has 3 aromatic rings. The summed E-state index contributed by atoms with van der Waals surface area (Å²) < 4.78 is 0. The molecule has 1 aromatic heterocycles. The first-order valence-electron chi connectivity index (χ1n) is 6.82. The van der Waals surface area contributed by atoms with E-state index in [4.69, 9.17) is 23.2 Å². The smallest absolute Gasteiger partial charge is 0.257 e. The molecule has 3 nitrogen and oxygen atoms in total. The van der Waals surface area contributed by atoms with Gasteiger partial charge in [0.15, 0.2) is 0 Å². The maximum Gasteiger partial charge on any atom is 0.257 e. The molecule has 23 heavy (non-hydrogen) atoms. The van der Waals surface area contributed by atoms with Crippen molar-refractivity contribution in [2.24, 2.45) is 0 Å². The molecule has 0 fully saturated rings. The predicted octanol–water partition coefficient (Wildman–Crippen LogP) is 5.68. The second kappa shape index (κ2) is 6.71. The number of aryl methyl sites for hydroxylation is 1. The van der Waals surface area contributed by atoms with Crippen molar-refractivity contribution >= 4 is 46.1 Å². The van der Waals surface area contributed by atoms with E-state index in [1.54, 1.807) is 29.5 Å². The fraction of sp³-hybridized carbons (Fsp3) is 0.0588. The number of hydrogen-bond donors (Lipinski definition) is 1. The monoisotopic (exact) mass is 362 g/mol. The molecule has 0 spiro atoms. The van der Waals surface area contributed by atoms with E-state index in [0.717, 1.165) is 16.3 Å². The number of rotatable bonds is 3. The third-order valence-corrected chi connectivity index (χ3v) is 4.53. The molecule has 2 aromatic carbocycles. The Morgan fingerprint density at radius 3 is 2.70 bits per heavy atom. The number of benzene rings is 2. The van der Waals surface area contributed by atoms with E-state index in [0.29, 0.717) is 21.3 Å². The predicted molar refractivity (Wildman–Crippen MR) is 96.7 cm³/mol. The van der Waals surface area contributed by atoms with Gasteiger partial charge in [-0.05, 0) is 37.3 Å². The van der Waals surface area contributed by atoms with E-state index >= 15 is 0 Å². The van der Waals surface area contributed by atoms with Crippen LogP contribution in [0.25, 0.3) is 11.3 Å². The minimum atomic E-state index is -0.279. The van der Waals surface area contributed by atoms with E-state index < -0.39 is 0 Å². The summed E-state index contributed by atoms with van der Waals surface area (Å²) in [5.41, 5.74) is 2.91. The van der Waals surface area contributed by atoms with Gasteiger partial charge in [-0.2, -0.15) is 0 Å². The van der Waals surface area contributed by atoms with Crippen molar-refractivity contribution in [1.82, 2.24) is 4.98 Å². The molecule has 0 saturated carbocycles. The van der Waals surface area contributed by atoms with Crippen LogP contribution in [-0.2, 0) is 0 Å². The molecule has 0 saturated heterocycles. The summed E-state index contributed by atoms with van der Waals surface area (Å²) >= 11 is 13.5. The van der Waals surface area contributed by atoms with E-state index in [1.165, 1.54) is 0 Å². The number of nitrogens with zero attached hydrogens (tertiary/aromatic N) is 1. The van der Waals surface area contributed by atoms with Crippen LogP contribution in [0.1, 0.15) is 15.4 Å². The van der Waals surface area contributed by atoms with Crippen LogP contribution >= 0.6 is 34.5 Å². The molecule has 0 atom stereocenters. The van der Waals surface area contributed by atoms with E-state index in [2.05, 4.69) is 10.3 Å². The second-order valence-electron chi connectivity index (χ2n) is 4.91. The maximum absolute atomic E-state index is 12.3. The highest BCUT2D eigenvalue weighted by molar-refractivity contribution is 7.09. The number of nitrogens with one attached hydrogen (secondary N) is 1. The average molecular weight is 363 g/mol. The van der Waals surface area contributed by atoms with Crippen molar-refractivity contribution in [3.8, 4) is 11.3 Å². The molecular weight excluding hydrogens is 351 g/mol. The second-order valence-corrected chi connectivity index (χ2v) is 6.82. The highest BCUT2D eigenvalue weighted by atomic mass is 35.5. The van der Waals surface area contributed by atoms with Crippen LogP contribution in [0.15, 0.2) is 47.8 Å². The van der Waals surface area contributed by atoms with Crippen LogP contribution in [-0.4, -0.2) is 10.9 Å². The SMILES string of the molecule is Cc1nc(-c2cccc(NC(=O)c3ccc(Cl)cc3Cl)c2)cs1.